The summed E-state index contributed by atoms with van der Waals surface area (Å²) in [5.74, 6) is -3.11. The maximum absolute atomic E-state index is 14.8. The van der Waals surface area contributed by atoms with E-state index in [0.29, 0.717) is 42.3 Å². The Kier molecular flexibility index (Phi) is 13.5. The number of carbonyl (C=O) groups excluding carboxylic acids is 5. The van der Waals surface area contributed by atoms with E-state index in [1.54, 1.807) is 27.9 Å². The number of Topliss-reactive ketones (excluding diaryl/α,β-unsaturated/α-hetero) is 3. The van der Waals surface area contributed by atoms with E-state index in [4.69, 9.17) is 16.4 Å². The highest BCUT2D eigenvalue weighted by atomic mass is 35.5. The SMILES string of the molecule is CCC[C@H](CC(=O)[C@@H]1C[C@]2(CC(c3cccc(Cl)c3)=NO2)CN1C(=O)[C@@H](CC(=O)CC1CCCCC1)C(C)(C)C)C(=O)C(=O)NCc1ccc(-n2cccn2)cc1. The first-order valence-electron chi connectivity index (χ1n) is 20.5. The van der Waals surface area contributed by atoms with E-state index >= 15 is 0 Å². The van der Waals surface area contributed by atoms with Crippen molar-refractivity contribution in [2.45, 2.75) is 123 Å². The molecule has 1 spiro atoms. The van der Waals surface area contributed by atoms with Crippen molar-refractivity contribution in [1.29, 1.82) is 0 Å². The molecule has 1 saturated carbocycles. The van der Waals surface area contributed by atoms with Crippen molar-refractivity contribution in [3.8, 4) is 5.69 Å². The summed E-state index contributed by atoms with van der Waals surface area (Å²) in [6.45, 7) is 8.03. The van der Waals surface area contributed by atoms with Crippen LogP contribution in [0.2, 0.25) is 5.02 Å². The number of nitrogens with zero attached hydrogens (tertiary/aromatic N) is 4. The second kappa shape index (κ2) is 18.3. The molecule has 3 aromatic rings. The smallest absolute Gasteiger partial charge is 0.287 e. The van der Waals surface area contributed by atoms with Crippen LogP contribution in [0.5, 0.6) is 0 Å². The first-order valence-corrected chi connectivity index (χ1v) is 20.9. The number of halogens is 1. The molecule has 2 aromatic carbocycles. The first kappa shape index (κ1) is 42.0. The summed E-state index contributed by atoms with van der Waals surface area (Å²) in [6.07, 6.45) is 10.8. The number of amides is 2. The van der Waals surface area contributed by atoms with Crippen LogP contribution in [0.15, 0.2) is 72.1 Å². The standard InChI is InChI=1S/C45H56ClN5O6/c1-5-11-33(41(54)42(55)47-28-31-16-18-35(19-17-31)51-21-10-20-48-51)24-40(53)39-27-45(26-38(49-57-45)32-14-9-15-34(46)23-32)29-50(39)43(56)37(44(2,3)4)25-36(52)22-30-12-7-6-8-13-30/h9-10,14-21,23,30,33,37,39H,5-8,11-13,22,24-29H2,1-4H3,(H,47,55)/t33-,37-,39+,45-/m1/s1. The molecule has 2 amide bonds. The third-order valence-electron chi connectivity index (χ3n) is 11.9. The molecule has 12 heteroatoms. The highest BCUT2D eigenvalue weighted by molar-refractivity contribution is 6.37. The van der Waals surface area contributed by atoms with Crippen molar-refractivity contribution in [2.75, 3.05) is 6.54 Å². The van der Waals surface area contributed by atoms with Crippen molar-refractivity contribution in [3.05, 3.63) is 83.1 Å². The highest BCUT2D eigenvalue weighted by Crippen LogP contribution is 2.43. The van der Waals surface area contributed by atoms with Gasteiger partial charge in [0.1, 0.15) is 5.78 Å². The zero-order valence-corrected chi connectivity index (χ0v) is 34.4. The molecule has 0 bridgehead atoms. The van der Waals surface area contributed by atoms with Crippen molar-refractivity contribution >= 4 is 46.5 Å². The van der Waals surface area contributed by atoms with Crippen molar-refractivity contribution in [3.63, 3.8) is 0 Å². The van der Waals surface area contributed by atoms with Gasteiger partial charge in [-0.15, -0.1) is 0 Å². The second-order valence-corrected chi connectivity index (χ2v) is 17.8. The van der Waals surface area contributed by atoms with Gasteiger partial charge in [0, 0.05) is 73.5 Å². The van der Waals surface area contributed by atoms with Crippen LogP contribution in [0.3, 0.4) is 0 Å². The lowest BCUT2D eigenvalue weighted by atomic mass is 9.75. The van der Waals surface area contributed by atoms with Crippen LogP contribution in [-0.2, 0) is 35.4 Å². The average molecular weight is 798 g/mol. The number of rotatable bonds is 16. The third kappa shape index (κ3) is 10.5. The lowest BCUT2D eigenvalue weighted by molar-refractivity contribution is -0.147. The molecule has 1 aromatic heterocycles. The maximum Gasteiger partial charge on any atom is 0.287 e. The fraction of sp³-hybridized carbons (Fsp3) is 0.533. The lowest BCUT2D eigenvalue weighted by Gasteiger charge is -2.35. The van der Waals surface area contributed by atoms with Crippen molar-refractivity contribution < 1.29 is 28.8 Å². The minimum absolute atomic E-state index is 0.0733. The van der Waals surface area contributed by atoms with Gasteiger partial charge in [-0.3, -0.25) is 24.0 Å². The maximum atomic E-state index is 14.8. The summed E-state index contributed by atoms with van der Waals surface area (Å²) in [4.78, 5) is 77.6. The summed E-state index contributed by atoms with van der Waals surface area (Å²) >= 11 is 6.30. The molecule has 3 heterocycles. The Morgan fingerprint density at radius 3 is 2.42 bits per heavy atom. The van der Waals surface area contributed by atoms with Gasteiger partial charge in [-0.05, 0) is 53.6 Å². The number of nitrogens with one attached hydrogen (secondary N) is 1. The Balaban J connectivity index is 1.18. The van der Waals surface area contributed by atoms with E-state index in [0.717, 1.165) is 42.5 Å². The number of benzene rings is 2. The zero-order chi connectivity index (χ0) is 40.7. The van der Waals surface area contributed by atoms with E-state index < -0.39 is 40.6 Å². The normalized spacial score (nSPS) is 20.8. The Bertz CT molecular complexity index is 1950. The van der Waals surface area contributed by atoms with E-state index in [1.807, 2.05) is 76.4 Å². The van der Waals surface area contributed by atoms with Crippen LogP contribution in [0.25, 0.3) is 5.69 Å². The molecule has 0 unspecified atom stereocenters. The molecule has 2 fully saturated rings. The number of oxime groups is 1. The topological polar surface area (TPSA) is 140 Å². The first-order chi connectivity index (χ1) is 27.2. The van der Waals surface area contributed by atoms with E-state index in [2.05, 4.69) is 15.6 Å². The fourth-order valence-electron chi connectivity index (χ4n) is 8.69. The molecule has 57 heavy (non-hydrogen) atoms. The van der Waals surface area contributed by atoms with Crippen LogP contribution >= 0.6 is 11.6 Å². The van der Waals surface area contributed by atoms with Gasteiger partial charge >= 0.3 is 0 Å². The molecule has 11 nitrogen and oxygen atoms in total. The monoisotopic (exact) mass is 797 g/mol. The van der Waals surface area contributed by atoms with Crippen LogP contribution < -0.4 is 5.32 Å². The molecule has 0 radical (unpaired) electrons. The summed E-state index contributed by atoms with van der Waals surface area (Å²) in [6, 6.07) is 15.7. The molecular weight excluding hydrogens is 742 g/mol. The number of carbonyl (C=O) groups is 5. The Morgan fingerprint density at radius 2 is 1.75 bits per heavy atom. The fourth-order valence-corrected chi connectivity index (χ4v) is 8.88. The van der Waals surface area contributed by atoms with E-state index in [1.165, 1.54) is 6.42 Å². The second-order valence-electron chi connectivity index (χ2n) is 17.4. The molecular formula is C45H56ClN5O6. The van der Waals surface area contributed by atoms with Gasteiger partial charge in [0.25, 0.3) is 5.91 Å². The van der Waals surface area contributed by atoms with Gasteiger partial charge in [0.2, 0.25) is 11.7 Å². The van der Waals surface area contributed by atoms with Gasteiger partial charge in [0.15, 0.2) is 11.4 Å². The van der Waals surface area contributed by atoms with Crippen LogP contribution in [0.1, 0.15) is 116 Å². The zero-order valence-electron chi connectivity index (χ0n) is 33.7. The predicted octanol–water partition coefficient (Wildman–Crippen LogP) is 7.84. The Labute approximate surface area is 340 Å². The Morgan fingerprint density at radius 1 is 1.00 bits per heavy atom. The van der Waals surface area contributed by atoms with Crippen LogP contribution in [0.4, 0.5) is 0 Å². The van der Waals surface area contributed by atoms with Gasteiger partial charge < -0.3 is 15.1 Å². The molecule has 1 saturated heterocycles. The van der Waals surface area contributed by atoms with E-state index in [9.17, 15) is 24.0 Å². The average Bonchev–Trinajstić information content (AvgIpc) is 3.97. The number of ketones is 3. The number of hydrogen-bond donors (Lipinski definition) is 1. The molecule has 6 rings (SSSR count). The predicted molar refractivity (Wildman–Crippen MR) is 219 cm³/mol. The van der Waals surface area contributed by atoms with Crippen molar-refractivity contribution in [2.24, 2.45) is 28.3 Å². The van der Waals surface area contributed by atoms with Crippen LogP contribution in [-0.4, -0.2) is 67.7 Å². The van der Waals surface area contributed by atoms with Crippen LogP contribution in [0, 0.1) is 23.2 Å². The summed E-state index contributed by atoms with van der Waals surface area (Å²) in [7, 11) is 0. The Hall–Kier alpha value is -4.64. The molecule has 1 N–H and O–H groups in total. The molecule has 4 atom stereocenters. The van der Waals surface area contributed by atoms with Gasteiger partial charge in [-0.25, -0.2) is 4.68 Å². The molecule has 1 aliphatic carbocycles. The summed E-state index contributed by atoms with van der Waals surface area (Å²) in [5.41, 5.74) is 1.59. The molecule has 304 valence electrons. The minimum Gasteiger partial charge on any atom is -0.387 e. The molecule has 3 aliphatic rings. The third-order valence-corrected chi connectivity index (χ3v) is 12.1. The molecule has 2 aliphatic heterocycles. The van der Waals surface area contributed by atoms with Gasteiger partial charge in [0.05, 0.1) is 24.0 Å². The number of aromatic nitrogens is 2. The minimum atomic E-state index is -0.975. The quantitative estimate of drug-likeness (QED) is 0.146. The summed E-state index contributed by atoms with van der Waals surface area (Å²) < 4.78 is 1.73. The number of likely N-dealkylation sites (tertiary alicyclic amines) is 1. The van der Waals surface area contributed by atoms with Crippen molar-refractivity contribution in [1.82, 2.24) is 20.0 Å². The number of hydrogen-bond acceptors (Lipinski definition) is 8. The highest BCUT2D eigenvalue weighted by Gasteiger charge is 2.55. The van der Waals surface area contributed by atoms with E-state index in [-0.39, 0.29) is 49.8 Å². The largest absolute Gasteiger partial charge is 0.387 e. The van der Waals surface area contributed by atoms with Gasteiger partial charge in [-0.2, -0.15) is 5.10 Å². The van der Waals surface area contributed by atoms with Gasteiger partial charge in [-0.1, -0.05) is 107 Å². The lowest BCUT2D eigenvalue weighted by Crippen LogP contribution is -2.48. The summed E-state index contributed by atoms with van der Waals surface area (Å²) in [5, 5.41) is 11.9.